The number of imidazole rings is 1. The number of aromatic amines is 1. The third-order valence-electron chi connectivity index (χ3n) is 2.56. The van der Waals surface area contributed by atoms with Gasteiger partial charge in [0.25, 0.3) is 10.0 Å². The molecule has 4 N–H and O–H groups in total. The molecule has 6 nitrogen and oxygen atoms in total. The summed E-state index contributed by atoms with van der Waals surface area (Å²) in [5.41, 5.74) is 5.32. The fraction of sp³-hybridized carbons (Fsp3) is 0.700. The number of hydrogen-bond donors (Lipinski definition) is 3. The Morgan fingerprint density at radius 2 is 2.18 bits per heavy atom. The molecule has 0 aromatic carbocycles. The topological polar surface area (TPSA) is 101 Å². The van der Waals surface area contributed by atoms with E-state index in [2.05, 4.69) is 14.7 Å². The summed E-state index contributed by atoms with van der Waals surface area (Å²) in [5, 5.41) is 0.0729. The van der Waals surface area contributed by atoms with Crippen LogP contribution < -0.4 is 10.5 Å². The number of H-pyrrole nitrogens is 1. The van der Waals surface area contributed by atoms with Crippen molar-refractivity contribution in [3.63, 3.8) is 0 Å². The standard InChI is InChI=1S/C10H20N4O2S/c1-10(2,3)8(4-5-11)14-17(15,16)9-6-12-7-13-9/h6-8,14H,4-5,11H2,1-3H3,(H,12,13). The molecule has 0 saturated heterocycles. The Morgan fingerprint density at radius 3 is 2.59 bits per heavy atom. The molecule has 1 aromatic rings. The highest BCUT2D eigenvalue weighted by Crippen LogP contribution is 2.23. The zero-order chi connectivity index (χ0) is 13.1. The van der Waals surface area contributed by atoms with Crippen LogP contribution in [0.1, 0.15) is 27.2 Å². The molecule has 0 fully saturated rings. The van der Waals surface area contributed by atoms with Crippen LogP contribution in [-0.4, -0.2) is 31.0 Å². The smallest absolute Gasteiger partial charge is 0.257 e. The van der Waals surface area contributed by atoms with E-state index in [1.807, 2.05) is 20.8 Å². The van der Waals surface area contributed by atoms with Crippen LogP contribution in [-0.2, 0) is 10.0 Å². The fourth-order valence-electron chi connectivity index (χ4n) is 1.48. The van der Waals surface area contributed by atoms with Crippen molar-refractivity contribution in [3.05, 3.63) is 12.5 Å². The van der Waals surface area contributed by atoms with Crippen molar-refractivity contribution >= 4 is 10.0 Å². The lowest BCUT2D eigenvalue weighted by Gasteiger charge is -2.30. The van der Waals surface area contributed by atoms with Gasteiger partial charge in [-0.25, -0.2) is 18.1 Å². The highest BCUT2D eigenvalue weighted by atomic mass is 32.2. The van der Waals surface area contributed by atoms with Crippen LogP contribution in [0.25, 0.3) is 0 Å². The van der Waals surface area contributed by atoms with E-state index >= 15 is 0 Å². The number of sulfonamides is 1. The van der Waals surface area contributed by atoms with Crippen molar-refractivity contribution in [2.24, 2.45) is 11.1 Å². The molecule has 98 valence electrons. The lowest BCUT2D eigenvalue weighted by atomic mass is 9.85. The number of aromatic nitrogens is 2. The quantitative estimate of drug-likeness (QED) is 0.715. The van der Waals surface area contributed by atoms with Crippen LogP contribution in [0.2, 0.25) is 0 Å². The predicted molar refractivity (Wildman–Crippen MR) is 65.8 cm³/mol. The first-order chi connectivity index (χ1) is 7.77. The molecule has 7 heteroatoms. The molecule has 0 saturated carbocycles. The highest BCUT2D eigenvalue weighted by molar-refractivity contribution is 7.89. The van der Waals surface area contributed by atoms with E-state index in [4.69, 9.17) is 5.73 Å². The minimum Gasteiger partial charge on any atom is -0.335 e. The van der Waals surface area contributed by atoms with Gasteiger partial charge in [0.05, 0.1) is 12.5 Å². The number of nitrogens with two attached hydrogens (primary N) is 1. The Labute approximate surface area is 102 Å². The summed E-state index contributed by atoms with van der Waals surface area (Å²) >= 11 is 0. The van der Waals surface area contributed by atoms with Gasteiger partial charge in [0, 0.05) is 6.04 Å². The first-order valence-electron chi connectivity index (χ1n) is 5.48. The molecule has 0 spiro atoms. The van der Waals surface area contributed by atoms with Gasteiger partial charge in [0.1, 0.15) is 0 Å². The molecule has 0 radical (unpaired) electrons. The second kappa shape index (κ2) is 5.16. The summed E-state index contributed by atoms with van der Waals surface area (Å²) < 4.78 is 26.7. The largest absolute Gasteiger partial charge is 0.335 e. The first kappa shape index (κ1) is 14.1. The van der Waals surface area contributed by atoms with Gasteiger partial charge in [0.2, 0.25) is 0 Å². The zero-order valence-electron chi connectivity index (χ0n) is 10.4. The molecular formula is C10H20N4O2S. The summed E-state index contributed by atoms with van der Waals surface area (Å²) in [6.45, 7) is 6.36. The summed E-state index contributed by atoms with van der Waals surface area (Å²) in [4.78, 5) is 6.29. The number of nitrogens with zero attached hydrogens (tertiary/aromatic N) is 1. The van der Waals surface area contributed by atoms with Gasteiger partial charge in [-0.15, -0.1) is 0 Å². The molecule has 0 bridgehead atoms. The summed E-state index contributed by atoms with van der Waals surface area (Å²) in [5.74, 6) is 0. The number of nitrogens with one attached hydrogen (secondary N) is 2. The van der Waals surface area contributed by atoms with Crippen LogP contribution in [0.15, 0.2) is 17.6 Å². The maximum Gasteiger partial charge on any atom is 0.257 e. The fourth-order valence-corrected chi connectivity index (χ4v) is 2.86. The van der Waals surface area contributed by atoms with Crippen LogP contribution in [0.5, 0.6) is 0 Å². The average Bonchev–Trinajstić information content (AvgIpc) is 2.68. The molecule has 17 heavy (non-hydrogen) atoms. The molecule has 1 atom stereocenters. The van der Waals surface area contributed by atoms with Gasteiger partial charge < -0.3 is 10.7 Å². The predicted octanol–water partition coefficient (Wildman–Crippen LogP) is 0.452. The van der Waals surface area contributed by atoms with Crippen LogP contribution in [0.4, 0.5) is 0 Å². The van der Waals surface area contributed by atoms with Crippen molar-refractivity contribution < 1.29 is 8.42 Å². The maximum atomic E-state index is 12.0. The molecule has 1 aromatic heterocycles. The Kier molecular flexibility index (Phi) is 4.29. The third-order valence-corrected chi connectivity index (χ3v) is 3.96. The number of rotatable bonds is 5. The van der Waals surface area contributed by atoms with E-state index in [0.717, 1.165) is 0 Å². The third kappa shape index (κ3) is 3.79. The van der Waals surface area contributed by atoms with E-state index in [1.165, 1.54) is 12.5 Å². The second-order valence-electron chi connectivity index (χ2n) is 5.03. The molecule has 1 heterocycles. The Morgan fingerprint density at radius 1 is 1.53 bits per heavy atom. The van der Waals surface area contributed by atoms with Gasteiger partial charge in [0.15, 0.2) is 5.03 Å². The molecule has 1 unspecified atom stereocenters. The molecule has 0 aliphatic rings. The van der Waals surface area contributed by atoms with E-state index in [9.17, 15) is 8.42 Å². The zero-order valence-corrected chi connectivity index (χ0v) is 11.2. The summed E-state index contributed by atoms with van der Waals surface area (Å²) in [6, 6.07) is -0.208. The minimum absolute atomic E-state index is 0.0729. The Bertz CT molecular complexity index is 433. The average molecular weight is 260 g/mol. The van der Waals surface area contributed by atoms with Gasteiger partial charge in [-0.1, -0.05) is 20.8 Å². The summed E-state index contributed by atoms with van der Waals surface area (Å²) in [7, 11) is -3.55. The van der Waals surface area contributed by atoms with Crippen molar-refractivity contribution in [1.82, 2.24) is 14.7 Å². The highest BCUT2D eigenvalue weighted by Gasteiger charge is 2.29. The van der Waals surface area contributed by atoms with E-state index in [1.54, 1.807) is 0 Å². The van der Waals surface area contributed by atoms with Crippen molar-refractivity contribution in [1.29, 1.82) is 0 Å². The normalized spacial score (nSPS) is 14.8. The van der Waals surface area contributed by atoms with E-state index in [0.29, 0.717) is 13.0 Å². The van der Waals surface area contributed by atoms with Crippen molar-refractivity contribution in [2.45, 2.75) is 38.3 Å². The summed E-state index contributed by atoms with van der Waals surface area (Å²) in [6.07, 6.45) is 3.21. The molecule has 0 amide bonds. The van der Waals surface area contributed by atoms with Gasteiger partial charge in [-0.3, -0.25) is 0 Å². The first-order valence-corrected chi connectivity index (χ1v) is 6.96. The molecule has 0 aliphatic carbocycles. The van der Waals surface area contributed by atoms with Crippen LogP contribution in [0, 0.1) is 5.41 Å². The van der Waals surface area contributed by atoms with Gasteiger partial charge in [-0.2, -0.15) is 0 Å². The minimum atomic E-state index is -3.55. The maximum absolute atomic E-state index is 12.0. The van der Waals surface area contributed by atoms with Gasteiger partial charge >= 0.3 is 0 Å². The van der Waals surface area contributed by atoms with E-state index < -0.39 is 10.0 Å². The van der Waals surface area contributed by atoms with Crippen molar-refractivity contribution in [2.75, 3.05) is 6.54 Å². The molecule has 1 rings (SSSR count). The van der Waals surface area contributed by atoms with Gasteiger partial charge in [-0.05, 0) is 18.4 Å². The molecular weight excluding hydrogens is 240 g/mol. The SMILES string of the molecule is CC(C)(C)C(CCN)NS(=O)(=O)c1cnc[nH]1. The van der Waals surface area contributed by atoms with Crippen molar-refractivity contribution in [3.8, 4) is 0 Å². The number of hydrogen-bond acceptors (Lipinski definition) is 4. The molecule has 0 aliphatic heterocycles. The Balaban J connectivity index is 2.88. The Hall–Kier alpha value is -0.920. The second-order valence-corrected chi connectivity index (χ2v) is 6.72. The van der Waals surface area contributed by atoms with Crippen LogP contribution in [0.3, 0.4) is 0 Å². The van der Waals surface area contributed by atoms with E-state index in [-0.39, 0.29) is 16.5 Å². The lowest BCUT2D eigenvalue weighted by Crippen LogP contribution is -2.44. The van der Waals surface area contributed by atoms with Crippen LogP contribution >= 0.6 is 0 Å². The monoisotopic (exact) mass is 260 g/mol. The lowest BCUT2D eigenvalue weighted by molar-refractivity contribution is 0.287.